The van der Waals surface area contributed by atoms with E-state index in [2.05, 4.69) is 26.3 Å². The fourth-order valence-corrected chi connectivity index (χ4v) is 3.91. The summed E-state index contributed by atoms with van der Waals surface area (Å²) in [4.78, 5) is 23.4. The van der Waals surface area contributed by atoms with Gasteiger partial charge in [-0.2, -0.15) is 5.10 Å². The van der Waals surface area contributed by atoms with E-state index in [1.165, 1.54) is 18.2 Å². The molecule has 0 aliphatic carbocycles. The number of hydrogen-bond acceptors (Lipinski definition) is 6. The third-order valence-corrected chi connectivity index (χ3v) is 6.16. The van der Waals surface area contributed by atoms with Crippen LogP contribution in [-0.4, -0.2) is 20.6 Å². The quantitative estimate of drug-likeness (QED) is 0.185. The Balaban J connectivity index is 1.39. The molecule has 35 heavy (non-hydrogen) atoms. The summed E-state index contributed by atoms with van der Waals surface area (Å²) in [6, 6.07) is 13.0. The van der Waals surface area contributed by atoms with Gasteiger partial charge < -0.3 is 14.5 Å². The number of anilines is 1. The Morgan fingerprint density at radius 1 is 1.20 bits per heavy atom. The average molecular weight is 580 g/mol. The van der Waals surface area contributed by atoms with E-state index in [-0.39, 0.29) is 23.8 Å². The normalized spacial score (nSPS) is 10.9. The van der Waals surface area contributed by atoms with Crippen LogP contribution in [0.25, 0.3) is 0 Å². The van der Waals surface area contributed by atoms with Gasteiger partial charge in [0.25, 0.3) is 5.91 Å². The van der Waals surface area contributed by atoms with E-state index in [1.54, 1.807) is 42.1 Å². The molecule has 0 atom stereocenters. The van der Waals surface area contributed by atoms with E-state index in [0.29, 0.717) is 32.6 Å². The van der Waals surface area contributed by atoms with Gasteiger partial charge in [0.2, 0.25) is 0 Å². The molecule has 2 aromatic carbocycles. The van der Waals surface area contributed by atoms with Crippen LogP contribution in [0.15, 0.2) is 63.6 Å². The molecule has 1 amide bonds. The van der Waals surface area contributed by atoms with Crippen molar-refractivity contribution < 1.29 is 18.9 Å². The maximum atomic E-state index is 12.6. The van der Waals surface area contributed by atoms with Crippen molar-refractivity contribution >= 4 is 56.5 Å². The van der Waals surface area contributed by atoms with Gasteiger partial charge >= 0.3 is 5.69 Å². The van der Waals surface area contributed by atoms with E-state index >= 15 is 0 Å². The van der Waals surface area contributed by atoms with Crippen LogP contribution in [0, 0.1) is 17.0 Å². The van der Waals surface area contributed by atoms with Crippen molar-refractivity contribution in [1.29, 1.82) is 0 Å². The van der Waals surface area contributed by atoms with Crippen molar-refractivity contribution in [2.45, 2.75) is 20.1 Å². The van der Waals surface area contributed by atoms with Gasteiger partial charge in [-0.25, -0.2) is 0 Å². The van der Waals surface area contributed by atoms with Crippen molar-refractivity contribution in [2.75, 3.05) is 5.32 Å². The average Bonchev–Trinajstić information content (AvgIpc) is 3.42. The first kappa shape index (κ1) is 24.8. The number of nitro groups is 1. The highest BCUT2D eigenvalue weighted by Gasteiger charge is 2.18. The first-order valence-electron chi connectivity index (χ1n) is 10.1. The summed E-state index contributed by atoms with van der Waals surface area (Å²) in [6.07, 6.45) is 1.72. The number of carbonyl (C=O) groups excluding carboxylic acids is 1. The molecule has 0 unspecified atom stereocenters. The zero-order chi connectivity index (χ0) is 25.1. The molecular formula is C23H17BrCl2N4O5. The zero-order valence-corrected chi connectivity index (χ0v) is 21.2. The monoisotopic (exact) mass is 578 g/mol. The molecule has 4 rings (SSSR count). The van der Waals surface area contributed by atoms with E-state index in [1.807, 2.05) is 6.07 Å². The SMILES string of the molecule is Cc1ccc(OCc2ccc(C(=O)Nc3nn(Cc4ccc(Cl)c(Cl)c4)cc3Br)o2)c([N+](=O)[O-])c1. The van der Waals surface area contributed by atoms with E-state index in [4.69, 9.17) is 32.4 Å². The molecule has 4 aromatic rings. The second kappa shape index (κ2) is 10.5. The number of ether oxygens (including phenoxy) is 1. The number of benzene rings is 2. The molecule has 0 aliphatic rings. The number of carbonyl (C=O) groups is 1. The maximum absolute atomic E-state index is 12.6. The summed E-state index contributed by atoms with van der Waals surface area (Å²) in [6.45, 7) is 2.08. The van der Waals surface area contributed by atoms with Gasteiger partial charge in [-0.1, -0.05) is 35.3 Å². The molecule has 0 radical (unpaired) electrons. The molecule has 12 heteroatoms. The highest BCUT2D eigenvalue weighted by molar-refractivity contribution is 9.10. The lowest BCUT2D eigenvalue weighted by Crippen LogP contribution is -2.12. The second-order valence-electron chi connectivity index (χ2n) is 7.51. The van der Waals surface area contributed by atoms with Crippen LogP contribution >= 0.6 is 39.1 Å². The molecule has 2 heterocycles. The molecular weight excluding hydrogens is 563 g/mol. The summed E-state index contributed by atoms with van der Waals surface area (Å²) >= 11 is 15.4. The highest BCUT2D eigenvalue weighted by atomic mass is 79.9. The molecule has 0 fully saturated rings. The molecule has 9 nitrogen and oxygen atoms in total. The van der Waals surface area contributed by atoms with Gasteiger partial charge in [0, 0.05) is 12.3 Å². The van der Waals surface area contributed by atoms with Crippen molar-refractivity contribution in [3.05, 3.63) is 102 Å². The summed E-state index contributed by atoms with van der Waals surface area (Å²) < 4.78 is 13.3. The Morgan fingerprint density at radius 3 is 2.74 bits per heavy atom. The molecule has 0 saturated heterocycles. The number of nitrogens with one attached hydrogen (secondary N) is 1. The Kier molecular flexibility index (Phi) is 7.44. The number of nitrogens with zero attached hydrogens (tertiary/aromatic N) is 3. The topological polar surface area (TPSA) is 112 Å². The fraction of sp³-hybridized carbons (Fsp3) is 0.130. The molecule has 180 valence electrons. The first-order valence-corrected chi connectivity index (χ1v) is 11.7. The van der Waals surface area contributed by atoms with Crippen molar-refractivity contribution in [3.8, 4) is 5.75 Å². The lowest BCUT2D eigenvalue weighted by Gasteiger charge is -2.06. The Hall–Kier alpha value is -3.34. The third-order valence-electron chi connectivity index (χ3n) is 4.84. The largest absolute Gasteiger partial charge is 0.479 e. The number of hydrogen-bond donors (Lipinski definition) is 1. The minimum absolute atomic E-state index is 0.0351. The van der Waals surface area contributed by atoms with Gasteiger partial charge in [0.1, 0.15) is 12.4 Å². The zero-order valence-electron chi connectivity index (χ0n) is 18.1. The van der Waals surface area contributed by atoms with Gasteiger partial charge in [-0.3, -0.25) is 19.6 Å². The van der Waals surface area contributed by atoms with Crippen LogP contribution in [-0.2, 0) is 13.2 Å². The number of aromatic nitrogens is 2. The second-order valence-corrected chi connectivity index (χ2v) is 9.18. The molecule has 0 aliphatic heterocycles. The van der Waals surface area contributed by atoms with Gasteiger partial charge in [-0.15, -0.1) is 0 Å². The summed E-state index contributed by atoms with van der Waals surface area (Å²) in [5, 5.41) is 19.2. The van der Waals surface area contributed by atoms with Gasteiger partial charge in [-0.05, 0) is 64.3 Å². The smallest absolute Gasteiger partial charge is 0.311 e. The van der Waals surface area contributed by atoms with Gasteiger partial charge in [0.15, 0.2) is 17.3 Å². The Morgan fingerprint density at radius 2 is 2.00 bits per heavy atom. The molecule has 0 bridgehead atoms. The minimum atomic E-state index is -0.516. The Bertz CT molecular complexity index is 1420. The molecule has 2 aromatic heterocycles. The van der Waals surface area contributed by atoms with Crippen molar-refractivity contribution in [3.63, 3.8) is 0 Å². The van der Waals surface area contributed by atoms with Crippen molar-refractivity contribution in [2.24, 2.45) is 0 Å². The lowest BCUT2D eigenvalue weighted by atomic mass is 10.2. The number of aryl methyl sites for hydroxylation is 1. The number of halogens is 3. The molecule has 0 saturated carbocycles. The molecule has 1 N–H and O–H groups in total. The van der Waals surface area contributed by atoms with E-state index < -0.39 is 10.8 Å². The van der Waals surface area contributed by atoms with Crippen LogP contribution in [0.4, 0.5) is 11.5 Å². The fourth-order valence-electron chi connectivity index (χ4n) is 3.18. The van der Waals surface area contributed by atoms with E-state index in [9.17, 15) is 14.9 Å². The minimum Gasteiger partial charge on any atom is -0.479 e. The van der Waals surface area contributed by atoms with Gasteiger partial charge in [0.05, 0.1) is 26.0 Å². The van der Waals surface area contributed by atoms with Crippen LogP contribution in [0.5, 0.6) is 5.75 Å². The standard InChI is InChI=1S/C23H17BrCl2N4O5/c1-13-2-6-20(19(8-13)30(32)33)34-12-15-4-7-21(35-15)23(31)27-22-16(24)11-29(28-22)10-14-3-5-17(25)18(26)9-14/h2-9,11H,10,12H2,1H3,(H,27,28,31). The number of nitro benzene ring substituents is 1. The van der Waals surface area contributed by atoms with Crippen LogP contribution in [0.2, 0.25) is 10.0 Å². The van der Waals surface area contributed by atoms with Crippen molar-refractivity contribution in [1.82, 2.24) is 9.78 Å². The van der Waals surface area contributed by atoms with Crippen LogP contribution in [0.1, 0.15) is 27.4 Å². The number of furan rings is 1. The lowest BCUT2D eigenvalue weighted by molar-refractivity contribution is -0.386. The predicted octanol–water partition coefficient (Wildman–Crippen LogP) is 6.64. The first-order chi connectivity index (χ1) is 16.7. The van der Waals surface area contributed by atoms with Crippen LogP contribution in [0.3, 0.4) is 0 Å². The van der Waals surface area contributed by atoms with Crippen LogP contribution < -0.4 is 10.1 Å². The summed E-state index contributed by atoms with van der Waals surface area (Å²) in [5.74, 6) is 0.263. The maximum Gasteiger partial charge on any atom is 0.311 e. The number of rotatable bonds is 8. The number of amides is 1. The predicted molar refractivity (Wildman–Crippen MR) is 134 cm³/mol. The molecule has 0 spiro atoms. The summed E-state index contributed by atoms with van der Waals surface area (Å²) in [7, 11) is 0. The summed E-state index contributed by atoms with van der Waals surface area (Å²) in [5.41, 5.74) is 1.49. The van der Waals surface area contributed by atoms with E-state index in [0.717, 1.165) is 11.1 Å². The Labute approximate surface area is 217 Å². The third kappa shape index (κ3) is 6.02. The highest BCUT2D eigenvalue weighted by Crippen LogP contribution is 2.29.